The second-order valence-electron chi connectivity index (χ2n) is 4.93. The summed E-state index contributed by atoms with van der Waals surface area (Å²) in [5.74, 6) is 0.656. The molecule has 1 aromatic rings. The summed E-state index contributed by atoms with van der Waals surface area (Å²) in [5, 5.41) is 4.67. The number of hydrogen-bond acceptors (Lipinski definition) is 2. The van der Waals surface area contributed by atoms with Gasteiger partial charge in [0.25, 0.3) is 0 Å². The van der Waals surface area contributed by atoms with Crippen LogP contribution in [0.15, 0.2) is 12.1 Å². The molecule has 1 atom stereocenters. The van der Waals surface area contributed by atoms with E-state index in [2.05, 4.69) is 12.2 Å². The first kappa shape index (κ1) is 17.6. The van der Waals surface area contributed by atoms with E-state index in [0.717, 1.165) is 12.0 Å². The summed E-state index contributed by atoms with van der Waals surface area (Å²) in [4.78, 5) is 0. The van der Waals surface area contributed by atoms with Gasteiger partial charge in [-0.3, -0.25) is 0 Å². The van der Waals surface area contributed by atoms with Gasteiger partial charge in [0.15, 0.2) is 0 Å². The topological polar surface area (TPSA) is 21.3 Å². The maximum absolute atomic E-state index is 6.37. The minimum atomic E-state index is 0.243. The van der Waals surface area contributed by atoms with Crippen molar-refractivity contribution in [1.82, 2.24) is 5.32 Å². The van der Waals surface area contributed by atoms with Crippen molar-refractivity contribution in [3.63, 3.8) is 0 Å². The zero-order chi connectivity index (χ0) is 15.0. The van der Waals surface area contributed by atoms with Crippen LogP contribution in [-0.4, -0.2) is 13.7 Å². The SMILES string of the molecule is CCCCCCC(NC)c1cc(Cl)c(OCC)cc1Cl. The standard InChI is InChI=1S/C16H25Cl2NO/c1-4-6-7-8-9-15(19-3)12-10-14(18)16(20-5-2)11-13(12)17/h10-11,15,19H,4-9H2,1-3H3. The Kier molecular flexibility index (Phi) is 8.35. The molecular formula is C16H25Cl2NO. The monoisotopic (exact) mass is 317 g/mol. The molecule has 20 heavy (non-hydrogen) atoms. The van der Waals surface area contributed by atoms with E-state index in [1.165, 1.54) is 25.7 Å². The predicted octanol–water partition coefficient (Wildman–Crippen LogP) is 5.62. The molecule has 1 N–H and O–H groups in total. The van der Waals surface area contributed by atoms with Crippen LogP contribution in [0.1, 0.15) is 57.6 Å². The van der Waals surface area contributed by atoms with Gasteiger partial charge in [-0.15, -0.1) is 0 Å². The van der Waals surface area contributed by atoms with Crippen molar-refractivity contribution in [1.29, 1.82) is 0 Å². The summed E-state index contributed by atoms with van der Waals surface area (Å²) in [6.45, 7) is 4.74. The van der Waals surface area contributed by atoms with Crippen LogP contribution in [0.3, 0.4) is 0 Å². The van der Waals surface area contributed by atoms with Crippen LogP contribution in [0.25, 0.3) is 0 Å². The number of hydrogen-bond donors (Lipinski definition) is 1. The molecule has 0 amide bonds. The van der Waals surface area contributed by atoms with Crippen LogP contribution in [-0.2, 0) is 0 Å². The third kappa shape index (κ3) is 5.16. The molecule has 1 aromatic carbocycles. The Morgan fingerprint density at radius 1 is 1.10 bits per heavy atom. The number of benzene rings is 1. The molecule has 0 aliphatic carbocycles. The summed E-state index contributed by atoms with van der Waals surface area (Å²) in [6, 6.07) is 3.99. The number of ether oxygens (including phenoxy) is 1. The summed E-state index contributed by atoms with van der Waals surface area (Å²) >= 11 is 12.6. The lowest BCUT2D eigenvalue weighted by Crippen LogP contribution is -2.17. The average molecular weight is 318 g/mol. The van der Waals surface area contributed by atoms with Gasteiger partial charge in [0.2, 0.25) is 0 Å². The molecule has 0 saturated carbocycles. The van der Waals surface area contributed by atoms with E-state index in [0.29, 0.717) is 22.4 Å². The molecule has 1 rings (SSSR count). The fourth-order valence-corrected chi connectivity index (χ4v) is 2.82. The molecule has 0 spiro atoms. The first-order valence-electron chi connectivity index (χ1n) is 7.43. The van der Waals surface area contributed by atoms with E-state index in [4.69, 9.17) is 27.9 Å². The third-order valence-electron chi connectivity index (χ3n) is 3.42. The van der Waals surface area contributed by atoms with E-state index in [9.17, 15) is 0 Å². The quantitative estimate of drug-likeness (QED) is 0.596. The number of nitrogens with one attached hydrogen (secondary N) is 1. The highest BCUT2D eigenvalue weighted by Gasteiger charge is 2.16. The molecule has 0 heterocycles. The van der Waals surface area contributed by atoms with Gasteiger partial charge in [0.05, 0.1) is 11.6 Å². The minimum absolute atomic E-state index is 0.243. The lowest BCUT2D eigenvalue weighted by molar-refractivity contribution is 0.340. The van der Waals surface area contributed by atoms with Crippen molar-refractivity contribution in [3.8, 4) is 5.75 Å². The lowest BCUT2D eigenvalue weighted by Gasteiger charge is -2.19. The van der Waals surface area contributed by atoms with Crippen LogP contribution in [0.5, 0.6) is 5.75 Å². The minimum Gasteiger partial charge on any atom is -0.492 e. The van der Waals surface area contributed by atoms with Crippen LogP contribution < -0.4 is 10.1 Å². The maximum Gasteiger partial charge on any atom is 0.139 e. The Labute approximate surface area is 132 Å². The van der Waals surface area contributed by atoms with Gasteiger partial charge >= 0.3 is 0 Å². The molecule has 0 aromatic heterocycles. The summed E-state index contributed by atoms with van der Waals surface area (Å²) in [6.07, 6.45) is 6.06. The molecular weight excluding hydrogens is 293 g/mol. The van der Waals surface area contributed by atoms with Crippen molar-refractivity contribution in [2.45, 2.75) is 52.0 Å². The van der Waals surface area contributed by atoms with E-state index < -0.39 is 0 Å². The highest BCUT2D eigenvalue weighted by Crippen LogP contribution is 2.35. The second kappa shape index (κ2) is 9.49. The van der Waals surface area contributed by atoms with Gasteiger partial charge in [-0.2, -0.15) is 0 Å². The smallest absolute Gasteiger partial charge is 0.139 e. The molecule has 0 saturated heterocycles. The van der Waals surface area contributed by atoms with Gasteiger partial charge in [0.1, 0.15) is 5.75 Å². The van der Waals surface area contributed by atoms with Crippen molar-refractivity contribution in [2.24, 2.45) is 0 Å². The van der Waals surface area contributed by atoms with E-state index in [1.807, 2.05) is 26.1 Å². The van der Waals surface area contributed by atoms with Gasteiger partial charge in [0, 0.05) is 17.1 Å². The molecule has 0 radical (unpaired) electrons. The first-order chi connectivity index (χ1) is 9.63. The normalized spacial score (nSPS) is 12.4. The van der Waals surface area contributed by atoms with Gasteiger partial charge in [-0.25, -0.2) is 0 Å². The number of halogens is 2. The van der Waals surface area contributed by atoms with Crippen molar-refractivity contribution in [2.75, 3.05) is 13.7 Å². The molecule has 0 aliphatic rings. The number of rotatable bonds is 9. The van der Waals surface area contributed by atoms with Crippen LogP contribution >= 0.6 is 23.2 Å². The summed E-state index contributed by atoms with van der Waals surface area (Å²) < 4.78 is 5.46. The highest BCUT2D eigenvalue weighted by molar-refractivity contribution is 6.34. The van der Waals surface area contributed by atoms with Crippen LogP contribution in [0.4, 0.5) is 0 Å². The fourth-order valence-electron chi connectivity index (χ4n) is 2.31. The van der Waals surface area contributed by atoms with Crippen LogP contribution in [0, 0.1) is 0 Å². The van der Waals surface area contributed by atoms with Crippen LogP contribution in [0.2, 0.25) is 10.0 Å². The third-order valence-corrected chi connectivity index (χ3v) is 4.04. The molecule has 1 unspecified atom stereocenters. The zero-order valence-corrected chi connectivity index (χ0v) is 14.2. The summed E-state index contributed by atoms with van der Waals surface area (Å²) in [5.41, 5.74) is 1.05. The molecule has 4 heteroatoms. The Balaban J connectivity index is 2.78. The zero-order valence-electron chi connectivity index (χ0n) is 12.6. The van der Waals surface area contributed by atoms with Crippen molar-refractivity contribution >= 4 is 23.2 Å². The second-order valence-corrected chi connectivity index (χ2v) is 5.74. The van der Waals surface area contributed by atoms with E-state index in [-0.39, 0.29) is 6.04 Å². The summed E-state index contributed by atoms with van der Waals surface area (Å²) in [7, 11) is 1.96. The van der Waals surface area contributed by atoms with Crippen molar-refractivity contribution in [3.05, 3.63) is 27.7 Å². The largest absolute Gasteiger partial charge is 0.492 e. The van der Waals surface area contributed by atoms with Gasteiger partial charge in [-0.05, 0) is 32.0 Å². The Hall–Kier alpha value is -0.440. The van der Waals surface area contributed by atoms with Gasteiger partial charge < -0.3 is 10.1 Å². The molecule has 2 nitrogen and oxygen atoms in total. The maximum atomic E-state index is 6.37. The van der Waals surface area contributed by atoms with E-state index >= 15 is 0 Å². The fraction of sp³-hybridized carbons (Fsp3) is 0.625. The molecule has 0 aliphatic heterocycles. The number of unbranched alkanes of at least 4 members (excludes halogenated alkanes) is 3. The van der Waals surface area contributed by atoms with Gasteiger partial charge in [-0.1, -0.05) is 55.8 Å². The lowest BCUT2D eigenvalue weighted by atomic mass is 10.00. The Morgan fingerprint density at radius 2 is 1.85 bits per heavy atom. The highest BCUT2D eigenvalue weighted by atomic mass is 35.5. The molecule has 114 valence electrons. The molecule has 0 bridgehead atoms. The average Bonchev–Trinajstić information content (AvgIpc) is 2.43. The first-order valence-corrected chi connectivity index (χ1v) is 8.18. The Bertz CT molecular complexity index is 410. The van der Waals surface area contributed by atoms with Crippen molar-refractivity contribution < 1.29 is 4.74 Å². The predicted molar refractivity (Wildman–Crippen MR) is 88.2 cm³/mol. The van der Waals surface area contributed by atoms with E-state index in [1.54, 1.807) is 0 Å². The molecule has 0 fully saturated rings. The Morgan fingerprint density at radius 3 is 2.45 bits per heavy atom.